The minimum absolute atomic E-state index is 0.0861. The van der Waals surface area contributed by atoms with Gasteiger partial charge in [-0.05, 0) is 49.4 Å². The van der Waals surface area contributed by atoms with Gasteiger partial charge < -0.3 is 15.4 Å². The standard InChI is InChI=1S/C24H26ClN5O4S2/c1-15(26-2)24(31)27-13-16-6-4-7-17(12-16)14-30-18-8-5-9-19(34-3)22(18)23(28-30)29-36(32,33)21-11-10-20(25)35-21/h4-12,15,26H,13-14H2,1-3H3,(H,27,31)(H,28,29)/t15-/m1/s1. The van der Waals surface area contributed by atoms with Gasteiger partial charge in [-0.15, -0.1) is 11.3 Å². The Kier molecular flexibility index (Phi) is 7.84. The maximum atomic E-state index is 13.0. The molecule has 190 valence electrons. The molecule has 9 nitrogen and oxygen atoms in total. The minimum atomic E-state index is -3.89. The van der Waals surface area contributed by atoms with Gasteiger partial charge in [0.2, 0.25) is 5.91 Å². The van der Waals surface area contributed by atoms with Gasteiger partial charge in [-0.3, -0.25) is 14.2 Å². The summed E-state index contributed by atoms with van der Waals surface area (Å²) < 4.78 is 36.2. The van der Waals surface area contributed by atoms with Gasteiger partial charge in [0.1, 0.15) is 9.96 Å². The predicted molar refractivity (Wildman–Crippen MR) is 142 cm³/mol. The summed E-state index contributed by atoms with van der Waals surface area (Å²) in [6.45, 7) is 2.56. The van der Waals surface area contributed by atoms with Gasteiger partial charge in [-0.1, -0.05) is 41.9 Å². The van der Waals surface area contributed by atoms with Crippen molar-refractivity contribution >= 4 is 55.6 Å². The van der Waals surface area contributed by atoms with Gasteiger partial charge >= 0.3 is 0 Å². The van der Waals surface area contributed by atoms with Crippen molar-refractivity contribution in [1.29, 1.82) is 0 Å². The van der Waals surface area contributed by atoms with Crippen LogP contribution < -0.4 is 20.1 Å². The number of amides is 1. The summed E-state index contributed by atoms with van der Waals surface area (Å²) in [5.74, 6) is 0.573. The molecule has 4 rings (SSSR count). The van der Waals surface area contributed by atoms with Crippen LogP contribution in [-0.4, -0.2) is 44.3 Å². The van der Waals surface area contributed by atoms with Crippen molar-refractivity contribution in [3.63, 3.8) is 0 Å². The van der Waals surface area contributed by atoms with Crippen LogP contribution >= 0.6 is 22.9 Å². The second-order valence-corrected chi connectivity index (χ2v) is 11.7. The Bertz CT molecular complexity index is 1500. The molecule has 0 bridgehead atoms. The Balaban J connectivity index is 1.64. The highest BCUT2D eigenvalue weighted by Gasteiger charge is 2.23. The number of carbonyl (C=O) groups excluding carboxylic acids is 1. The first kappa shape index (κ1) is 26.0. The summed E-state index contributed by atoms with van der Waals surface area (Å²) in [7, 11) is -0.634. The summed E-state index contributed by atoms with van der Waals surface area (Å²) in [5.41, 5.74) is 2.58. The SMILES string of the molecule is CN[C@H](C)C(=O)NCc1cccc(Cn2nc(NS(=O)(=O)c3ccc(Cl)s3)c3c(OC)cccc32)c1. The number of hydrogen-bond donors (Lipinski definition) is 3. The lowest BCUT2D eigenvalue weighted by Gasteiger charge is -2.12. The van der Waals surface area contributed by atoms with Crippen LogP contribution in [0.1, 0.15) is 18.1 Å². The van der Waals surface area contributed by atoms with Crippen molar-refractivity contribution in [3.05, 3.63) is 70.1 Å². The Labute approximate surface area is 218 Å². The van der Waals surface area contributed by atoms with Crippen LogP contribution in [0.3, 0.4) is 0 Å². The molecule has 0 fully saturated rings. The number of hydrogen-bond acceptors (Lipinski definition) is 7. The molecule has 0 saturated carbocycles. The van der Waals surface area contributed by atoms with E-state index < -0.39 is 10.0 Å². The molecule has 2 aromatic heterocycles. The zero-order valence-electron chi connectivity index (χ0n) is 19.9. The average Bonchev–Trinajstić information content (AvgIpc) is 3.46. The largest absolute Gasteiger partial charge is 0.496 e. The van der Waals surface area contributed by atoms with E-state index >= 15 is 0 Å². The van der Waals surface area contributed by atoms with E-state index in [1.807, 2.05) is 36.4 Å². The van der Waals surface area contributed by atoms with Crippen molar-refractivity contribution in [2.24, 2.45) is 0 Å². The lowest BCUT2D eigenvalue weighted by Crippen LogP contribution is -2.39. The summed E-state index contributed by atoms with van der Waals surface area (Å²) in [5, 5.41) is 11.0. The van der Waals surface area contributed by atoms with Gasteiger partial charge in [0, 0.05) is 6.54 Å². The highest BCUT2D eigenvalue weighted by molar-refractivity contribution is 7.94. The quantitative estimate of drug-likeness (QED) is 0.278. The van der Waals surface area contributed by atoms with Gasteiger partial charge in [-0.25, -0.2) is 8.42 Å². The monoisotopic (exact) mass is 547 g/mol. The van der Waals surface area contributed by atoms with Gasteiger partial charge in [0.25, 0.3) is 10.0 Å². The molecule has 0 aliphatic carbocycles. The topological polar surface area (TPSA) is 114 Å². The lowest BCUT2D eigenvalue weighted by molar-refractivity contribution is -0.122. The highest BCUT2D eigenvalue weighted by Crippen LogP contribution is 2.35. The number of benzene rings is 2. The Hall–Kier alpha value is -3.12. The fourth-order valence-corrected chi connectivity index (χ4v) is 6.16. The molecule has 4 aromatic rings. The van der Waals surface area contributed by atoms with Crippen LogP contribution in [0.2, 0.25) is 4.34 Å². The summed E-state index contributed by atoms with van der Waals surface area (Å²) in [6.07, 6.45) is 0. The van der Waals surface area contributed by atoms with E-state index in [1.165, 1.54) is 19.2 Å². The smallest absolute Gasteiger partial charge is 0.272 e. The van der Waals surface area contributed by atoms with E-state index in [0.29, 0.717) is 34.1 Å². The molecule has 0 aliphatic heterocycles. The third-order valence-corrected chi connectivity index (χ3v) is 8.68. The van der Waals surface area contributed by atoms with Gasteiger partial charge in [-0.2, -0.15) is 5.10 Å². The maximum Gasteiger partial charge on any atom is 0.272 e. The van der Waals surface area contributed by atoms with Crippen LogP contribution in [-0.2, 0) is 27.9 Å². The third kappa shape index (κ3) is 5.65. The first-order valence-electron chi connectivity index (χ1n) is 11.1. The van der Waals surface area contributed by atoms with E-state index in [0.717, 1.165) is 22.5 Å². The number of halogens is 1. The number of thiophene rings is 1. The molecular formula is C24H26ClN5O4S2. The summed E-state index contributed by atoms with van der Waals surface area (Å²) in [6, 6.07) is 15.9. The Morgan fingerprint density at radius 3 is 2.61 bits per heavy atom. The molecule has 0 unspecified atom stereocenters. The number of sulfonamides is 1. The molecular weight excluding hydrogens is 522 g/mol. The lowest BCUT2D eigenvalue weighted by atomic mass is 10.1. The van der Waals surface area contributed by atoms with Crippen LogP contribution in [0.25, 0.3) is 10.9 Å². The number of likely N-dealkylation sites (N-methyl/N-ethyl adjacent to an activating group) is 1. The molecule has 1 atom stereocenters. The molecule has 36 heavy (non-hydrogen) atoms. The molecule has 1 amide bonds. The van der Waals surface area contributed by atoms with Crippen molar-refractivity contribution in [3.8, 4) is 5.75 Å². The van der Waals surface area contributed by atoms with E-state index in [4.69, 9.17) is 16.3 Å². The number of fused-ring (bicyclic) bond motifs is 1. The molecule has 2 aromatic carbocycles. The van der Waals surface area contributed by atoms with Crippen LogP contribution in [0.4, 0.5) is 5.82 Å². The molecule has 0 aliphatic rings. The van der Waals surface area contributed by atoms with Crippen LogP contribution in [0.15, 0.2) is 58.8 Å². The number of aromatic nitrogens is 2. The maximum absolute atomic E-state index is 13.0. The first-order chi connectivity index (χ1) is 17.2. The molecule has 3 N–H and O–H groups in total. The normalized spacial score (nSPS) is 12.4. The van der Waals surface area contributed by atoms with Gasteiger partial charge in [0.15, 0.2) is 5.82 Å². The van der Waals surface area contributed by atoms with Crippen LogP contribution in [0.5, 0.6) is 5.75 Å². The fraction of sp³-hybridized carbons (Fsp3) is 0.250. The average molecular weight is 548 g/mol. The van der Waals surface area contributed by atoms with E-state index in [2.05, 4.69) is 20.5 Å². The molecule has 2 heterocycles. The molecule has 0 spiro atoms. The highest BCUT2D eigenvalue weighted by atomic mass is 35.5. The Morgan fingerprint density at radius 2 is 1.92 bits per heavy atom. The zero-order valence-corrected chi connectivity index (χ0v) is 22.3. The first-order valence-corrected chi connectivity index (χ1v) is 13.7. The van der Waals surface area contributed by atoms with Crippen molar-refractivity contribution < 1.29 is 17.9 Å². The number of carbonyl (C=O) groups is 1. The number of nitrogens with one attached hydrogen (secondary N) is 3. The van der Waals surface area contributed by atoms with Crippen LogP contribution in [0, 0.1) is 0 Å². The number of rotatable bonds is 10. The fourth-order valence-electron chi connectivity index (χ4n) is 3.66. The second-order valence-electron chi connectivity index (χ2n) is 8.07. The van der Waals surface area contributed by atoms with Crippen molar-refractivity contribution in [2.45, 2.75) is 30.3 Å². The zero-order chi connectivity index (χ0) is 25.9. The number of methoxy groups -OCH3 is 1. The molecule has 0 saturated heterocycles. The van der Waals surface area contributed by atoms with Gasteiger partial charge in [0.05, 0.1) is 34.9 Å². The van der Waals surface area contributed by atoms with Crippen molar-refractivity contribution in [2.75, 3.05) is 18.9 Å². The summed E-state index contributed by atoms with van der Waals surface area (Å²) >= 11 is 6.91. The number of nitrogens with zero attached hydrogens (tertiary/aromatic N) is 2. The Morgan fingerprint density at radius 1 is 1.17 bits per heavy atom. The second kappa shape index (κ2) is 10.9. The molecule has 12 heteroatoms. The number of anilines is 1. The van der Waals surface area contributed by atoms with E-state index in [9.17, 15) is 13.2 Å². The third-order valence-electron chi connectivity index (χ3n) is 5.62. The van der Waals surface area contributed by atoms with E-state index in [-0.39, 0.29) is 22.0 Å². The minimum Gasteiger partial charge on any atom is -0.496 e. The summed E-state index contributed by atoms with van der Waals surface area (Å²) in [4.78, 5) is 12.1. The predicted octanol–water partition coefficient (Wildman–Crippen LogP) is 3.83. The van der Waals surface area contributed by atoms with E-state index in [1.54, 1.807) is 24.7 Å². The number of ether oxygens (including phenoxy) is 1. The van der Waals surface area contributed by atoms with Crippen molar-refractivity contribution in [1.82, 2.24) is 20.4 Å². The molecule has 0 radical (unpaired) electrons.